The van der Waals surface area contributed by atoms with Gasteiger partial charge in [0.15, 0.2) is 11.6 Å². The minimum Gasteiger partial charge on any atom is -0.486 e. The van der Waals surface area contributed by atoms with Crippen LogP contribution in [-0.2, 0) is 11.4 Å². The molecule has 3 aromatic rings. The Morgan fingerprint density at radius 1 is 1.07 bits per heavy atom. The molecule has 3 aromatic carbocycles. The average molecular weight is 557 g/mol. The molecule has 40 heavy (non-hydrogen) atoms. The van der Waals surface area contributed by atoms with E-state index in [0.29, 0.717) is 17.5 Å². The quantitative estimate of drug-likeness (QED) is 0.239. The smallest absolute Gasteiger partial charge is 0.303 e. The van der Waals surface area contributed by atoms with Crippen molar-refractivity contribution in [2.75, 3.05) is 0 Å². The lowest BCUT2D eigenvalue weighted by Crippen LogP contribution is -2.17. The number of hydrogen-bond acceptors (Lipinski definition) is 2. The van der Waals surface area contributed by atoms with Crippen LogP contribution in [0.1, 0.15) is 99.8 Å². The topological polar surface area (TPSA) is 46.5 Å². The molecule has 0 saturated heterocycles. The molecule has 1 saturated carbocycles. The van der Waals surface area contributed by atoms with Crippen LogP contribution < -0.4 is 4.74 Å². The van der Waals surface area contributed by atoms with Crippen molar-refractivity contribution in [2.24, 2.45) is 5.41 Å². The molecule has 0 aliphatic heterocycles. The zero-order valence-electron chi connectivity index (χ0n) is 23.2. The van der Waals surface area contributed by atoms with Gasteiger partial charge in [-0.25, -0.2) is 17.6 Å². The summed E-state index contributed by atoms with van der Waals surface area (Å²) >= 11 is 0. The summed E-state index contributed by atoms with van der Waals surface area (Å²) in [5.41, 5.74) is 2.35. The number of ether oxygens (including phenoxy) is 1. The first-order valence-electron chi connectivity index (χ1n) is 13.9. The second-order valence-corrected chi connectivity index (χ2v) is 11.4. The van der Waals surface area contributed by atoms with E-state index in [2.05, 4.69) is 13.8 Å². The molecule has 2 atom stereocenters. The standard InChI is InChI=1S/C33H36F4O3/c1-4-7-21(18-30(38)39)23-8-5-10-29(31(23)35)40-19-20-11-13-24(25(16-20)27-9-6-15-33(27,2)3)26-17-22(32(36)37)12-14-28(26)34/h5,8,10-14,16-17,21,27,32H,4,6-7,9,15,18-19H2,1-3H3,(H,38,39)/t21-,27+/m0/s1. The maximum absolute atomic E-state index is 15.4. The predicted molar refractivity (Wildman–Crippen MR) is 148 cm³/mol. The highest BCUT2D eigenvalue weighted by molar-refractivity contribution is 5.70. The molecule has 1 N–H and O–H groups in total. The first kappa shape index (κ1) is 29.6. The van der Waals surface area contributed by atoms with Gasteiger partial charge in [-0.3, -0.25) is 4.79 Å². The first-order valence-corrected chi connectivity index (χ1v) is 13.9. The highest BCUT2D eigenvalue weighted by Gasteiger charge is 2.37. The maximum Gasteiger partial charge on any atom is 0.303 e. The van der Waals surface area contributed by atoms with Crippen LogP contribution in [0.5, 0.6) is 5.75 Å². The van der Waals surface area contributed by atoms with E-state index in [4.69, 9.17) is 4.74 Å². The van der Waals surface area contributed by atoms with E-state index in [1.807, 2.05) is 13.0 Å². The van der Waals surface area contributed by atoms with Crippen molar-refractivity contribution in [3.8, 4) is 16.9 Å². The molecular weight excluding hydrogens is 520 g/mol. The zero-order chi connectivity index (χ0) is 29.0. The molecule has 4 rings (SSSR count). The lowest BCUT2D eigenvalue weighted by atomic mass is 9.75. The Hall–Kier alpha value is -3.35. The van der Waals surface area contributed by atoms with E-state index in [1.54, 1.807) is 24.3 Å². The van der Waals surface area contributed by atoms with Gasteiger partial charge in [0.05, 0.1) is 6.42 Å². The Labute approximate surface area is 233 Å². The second-order valence-electron chi connectivity index (χ2n) is 11.4. The number of benzene rings is 3. The molecular formula is C33H36F4O3. The van der Waals surface area contributed by atoms with Crippen molar-refractivity contribution in [3.63, 3.8) is 0 Å². The van der Waals surface area contributed by atoms with Gasteiger partial charge in [-0.05, 0) is 77.0 Å². The number of hydrogen-bond donors (Lipinski definition) is 1. The van der Waals surface area contributed by atoms with Gasteiger partial charge in [0.25, 0.3) is 6.43 Å². The molecule has 0 heterocycles. The summed E-state index contributed by atoms with van der Waals surface area (Å²) in [5, 5.41) is 9.29. The summed E-state index contributed by atoms with van der Waals surface area (Å²) in [5.74, 6) is -2.45. The van der Waals surface area contributed by atoms with Gasteiger partial charge in [-0.2, -0.15) is 0 Å². The fourth-order valence-corrected chi connectivity index (χ4v) is 6.07. The third-order valence-corrected chi connectivity index (χ3v) is 8.17. The van der Waals surface area contributed by atoms with E-state index in [1.165, 1.54) is 12.1 Å². The van der Waals surface area contributed by atoms with Crippen molar-refractivity contribution in [2.45, 2.75) is 84.2 Å². The van der Waals surface area contributed by atoms with Crippen molar-refractivity contribution in [1.29, 1.82) is 0 Å². The average Bonchev–Trinajstić information content (AvgIpc) is 3.26. The lowest BCUT2D eigenvalue weighted by Gasteiger charge is -2.30. The fourth-order valence-electron chi connectivity index (χ4n) is 6.07. The van der Waals surface area contributed by atoms with E-state index < -0.39 is 29.9 Å². The molecule has 1 fully saturated rings. The van der Waals surface area contributed by atoms with Gasteiger partial charge >= 0.3 is 5.97 Å². The van der Waals surface area contributed by atoms with Gasteiger partial charge < -0.3 is 9.84 Å². The number of halogens is 4. The minimum atomic E-state index is -2.71. The van der Waals surface area contributed by atoms with E-state index in [0.717, 1.165) is 48.9 Å². The molecule has 0 spiro atoms. The molecule has 0 unspecified atom stereocenters. The largest absolute Gasteiger partial charge is 0.486 e. The fraction of sp³-hybridized carbons (Fsp3) is 0.424. The van der Waals surface area contributed by atoms with Crippen LogP contribution in [0.3, 0.4) is 0 Å². The van der Waals surface area contributed by atoms with E-state index >= 15 is 4.39 Å². The summed E-state index contributed by atoms with van der Waals surface area (Å²) < 4.78 is 63.2. The first-order chi connectivity index (χ1) is 19.0. The van der Waals surface area contributed by atoms with Crippen LogP contribution in [0.25, 0.3) is 11.1 Å². The zero-order valence-corrected chi connectivity index (χ0v) is 23.2. The Morgan fingerprint density at radius 3 is 2.50 bits per heavy atom. The Balaban J connectivity index is 1.68. The van der Waals surface area contributed by atoms with Crippen LogP contribution in [-0.4, -0.2) is 11.1 Å². The molecule has 0 amide bonds. The van der Waals surface area contributed by atoms with Crippen LogP contribution in [0.15, 0.2) is 54.6 Å². The molecule has 7 heteroatoms. The van der Waals surface area contributed by atoms with Crippen LogP contribution in [0.2, 0.25) is 0 Å². The monoisotopic (exact) mass is 556 g/mol. The van der Waals surface area contributed by atoms with E-state index in [9.17, 15) is 23.1 Å². The Bertz CT molecular complexity index is 1350. The Morgan fingerprint density at radius 2 is 1.85 bits per heavy atom. The number of carboxylic acid groups (broad SMARTS) is 1. The summed E-state index contributed by atoms with van der Waals surface area (Å²) in [7, 11) is 0. The van der Waals surface area contributed by atoms with Crippen molar-refractivity contribution in [3.05, 3.63) is 88.5 Å². The molecule has 0 aromatic heterocycles. The van der Waals surface area contributed by atoms with E-state index in [-0.39, 0.29) is 41.2 Å². The summed E-state index contributed by atoms with van der Waals surface area (Å²) in [6.07, 6.45) is 1.26. The highest BCUT2D eigenvalue weighted by atomic mass is 19.3. The third-order valence-electron chi connectivity index (χ3n) is 8.17. The number of alkyl halides is 2. The maximum atomic E-state index is 15.4. The minimum absolute atomic E-state index is 0.0338. The molecule has 0 bridgehead atoms. The number of aliphatic carboxylic acids is 1. The number of carboxylic acids is 1. The molecule has 3 nitrogen and oxygen atoms in total. The molecule has 214 valence electrons. The second kappa shape index (κ2) is 12.4. The van der Waals surface area contributed by atoms with Crippen LogP contribution in [0.4, 0.5) is 17.6 Å². The van der Waals surface area contributed by atoms with Crippen molar-refractivity contribution in [1.82, 2.24) is 0 Å². The van der Waals surface area contributed by atoms with Crippen LogP contribution in [0, 0.1) is 17.0 Å². The van der Waals surface area contributed by atoms with Gasteiger partial charge in [0, 0.05) is 11.1 Å². The predicted octanol–water partition coefficient (Wildman–Crippen LogP) is 9.80. The Kier molecular flexibility index (Phi) is 9.22. The van der Waals surface area contributed by atoms with Gasteiger partial charge in [-0.15, -0.1) is 0 Å². The van der Waals surface area contributed by atoms with Gasteiger partial charge in [0.1, 0.15) is 12.4 Å². The molecule has 0 radical (unpaired) electrons. The molecule has 1 aliphatic carbocycles. The summed E-state index contributed by atoms with van der Waals surface area (Å²) in [6, 6.07) is 13.6. The normalized spacial score (nSPS) is 17.2. The van der Waals surface area contributed by atoms with Crippen molar-refractivity contribution < 1.29 is 32.2 Å². The SMILES string of the molecule is CCC[C@@H](CC(=O)O)c1cccc(OCc2ccc(-c3cc(C(F)F)ccc3F)c([C@H]3CCCC3(C)C)c2)c1F. The molecule has 1 aliphatic rings. The van der Waals surface area contributed by atoms with Gasteiger partial charge in [-0.1, -0.05) is 70.0 Å². The highest BCUT2D eigenvalue weighted by Crippen LogP contribution is 2.51. The third kappa shape index (κ3) is 6.51. The van der Waals surface area contributed by atoms with Crippen molar-refractivity contribution >= 4 is 5.97 Å². The number of rotatable bonds is 11. The lowest BCUT2D eigenvalue weighted by molar-refractivity contribution is -0.137. The number of carbonyl (C=O) groups is 1. The van der Waals surface area contributed by atoms with Gasteiger partial charge in [0.2, 0.25) is 0 Å². The summed E-state index contributed by atoms with van der Waals surface area (Å²) in [6.45, 7) is 6.29. The summed E-state index contributed by atoms with van der Waals surface area (Å²) in [4.78, 5) is 11.3. The van der Waals surface area contributed by atoms with Crippen LogP contribution >= 0.6 is 0 Å².